The molecule has 36 heavy (non-hydrogen) atoms. The molecular weight excluding hydrogens is 475 g/mol. The zero-order valence-corrected chi connectivity index (χ0v) is 21.2. The summed E-state index contributed by atoms with van der Waals surface area (Å²) in [6.07, 6.45) is -0.782. The predicted octanol–water partition coefficient (Wildman–Crippen LogP) is 8.43. The fraction of sp³-hybridized carbons (Fsp3) is 0.138. The van der Waals surface area contributed by atoms with Crippen molar-refractivity contribution in [2.45, 2.75) is 26.4 Å². The second-order valence-electron chi connectivity index (χ2n) is 8.68. The summed E-state index contributed by atoms with van der Waals surface area (Å²) in [5, 5.41) is 0. The Balaban J connectivity index is 1.63. The van der Waals surface area contributed by atoms with Gasteiger partial charge in [-0.3, -0.25) is 0 Å². The van der Waals surface area contributed by atoms with E-state index in [0.29, 0.717) is 34.1 Å². The maximum Gasteiger partial charge on any atom is 0.530 e. The molecule has 4 aromatic rings. The van der Waals surface area contributed by atoms with E-state index in [2.05, 4.69) is 0 Å². The highest BCUT2D eigenvalue weighted by molar-refractivity contribution is 7.43. The van der Waals surface area contributed by atoms with Crippen molar-refractivity contribution < 1.29 is 27.8 Å². The van der Waals surface area contributed by atoms with E-state index in [0.717, 1.165) is 0 Å². The Labute approximate surface area is 212 Å². The van der Waals surface area contributed by atoms with Crippen LogP contribution in [-0.4, -0.2) is 11.8 Å². The third-order valence-electron chi connectivity index (χ3n) is 4.67. The van der Waals surface area contributed by atoms with Crippen molar-refractivity contribution in [3.05, 3.63) is 109 Å². The van der Waals surface area contributed by atoms with E-state index < -0.39 is 20.4 Å². The molecule has 0 aliphatic heterocycles. The quantitative estimate of drug-likeness (QED) is 0.137. The zero-order valence-electron chi connectivity index (χ0n) is 20.3. The van der Waals surface area contributed by atoms with Gasteiger partial charge in [0.05, 0.1) is 0 Å². The normalized spacial score (nSPS) is 11.0. The molecule has 0 heterocycles. The second-order valence-corrected chi connectivity index (χ2v) is 9.68. The van der Waals surface area contributed by atoms with Crippen LogP contribution >= 0.6 is 8.60 Å². The van der Waals surface area contributed by atoms with Crippen LogP contribution in [0.1, 0.15) is 20.8 Å². The molecule has 6 nitrogen and oxygen atoms in total. The lowest BCUT2D eigenvalue weighted by atomic mass is 10.0. The lowest BCUT2D eigenvalue weighted by Gasteiger charge is -2.21. The summed E-state index contributed by atoms with van der Waals surface area (Å²) in [6, 6.07) is 33.3. The lowest BCUT2D eigenvalue weighted by Crippen LogP contribution is -2.26. The maximum atomic E-state index is 12.4. The van der Waals surface area contributed by atoms with Crippen molar-refractivity contribution >= 4 is 14.8 Å². The van der Waals surface area contributed by atoms with Gasteiger partial charge in [0.25, 0.3) is 0 Å². The molecule has 0 aliphatic rings. The molecule has 184 valence electrons. The van der Waals surface area contributed by atoms with Crippen LogP contribution in [-0.2, 0) is 4.74 Å². The summed E-state index contributed by atoms with van der Waals surface area (Å²) in [5.74, 6) is 2.09. The number of benzene rings is 4. The van der Waals surface area contributed by atoms with E-state index in [-0.39, 0.29) is 0 Å². The summed E-state index contributed by atoms with van der Waals surface area (Å²) in [7, 11) is -1.87. The van der Waals surface area contributed by atoms with E-state index in [1.807, 2.05) is 97.1 Å². The monoisotopic (exact) mass is 502 g/mol. The Morgan fingerprint density at radius 1 is 0.583 bits per heavy atom. The van der Waals surface area contributed by atoms with Gasteiger partial charge in [0.2, 0.25) is 0 Å². The van der Waals surface area contributed by atoms with Gasteiger partial charge in [-0.25, -0.2) is 4.79 Å². The summed E-state index contributed by atoms with van der Waals surface area (Å²) in [4.78, 5) is 12.4. The van der Waals surface area contributed by atoms with Gasteiger partial charge >= 0.3 is 14.8 Å². The average Bonchev–Trinajstić information content (AvgIpc) is 2.85. The average molecular weight is 503 g/mol. The third-order valence-corrected chi connectivity index (χ3v) is 5.73. The number of para-hydroxylation sites is 4. The van der Waals surface area contributed by atoms with Crippen molar-refractivity contribution in [1.29, 1.82) is 0 Å². The van der Waals surface area contributed by atoms with Crippen molar-refractivity contribution in [2.24, 2.45) is 0 Å². The van der Waals surface area contributed by atoms with Gasteiger partial charge < -0.3 is 23.0 Å². The Morgan fingerprint density at radius 2 is 1.03 bits per heavy atom. The van der Waals surface area contributed by atoms with Gasteiger partial charge in [-0.1, -0.05) is 72.8 Å². The summed E-state index contributed by atoms with van der Waals surface area (Å²) in [6.45, 7) is 5.35. The molecule has 7 heteroatoms. The third kappa shape index (κ3) is 7.24. The Hall–Kier alpha value is -4.02. The fourth-order valence-electron chi connectivity index (χ4n) is 3.18. The molecule has 0 aromatic heterocycles. The SMILES string of the molecule is CC(C)(C)OC(=O)Oc1ccccc1-c1ccccc1OP(Oc1ccccc1)Oc1ccccc1. The summed E-state index contributed by atoms with van der Waals surface area (Å²) in [5.41, 5.74) is 0.692. The highest BCUT2D eigenvalue weighted by atomic mass is 31.2. The fourth-order valence-corrected chi connectivity index (χ4v) is 4.20. The first kappa shape index (κ1) is 25.1. The van der Waals surface area contributed by atoms with E-state index in [4.69, 9.17) is 23.0 Å². The molecule has 0 amide bonds. The Morgan fingerprint density at radius 3 is 1.56 bits per heavy atom. The van der Waals surface area contributed by atoms with Gasteiger partial charge in [-0.2, -0.15) is 0 Å². The lowest BCUT2D eigenvalue weighted by molar-refractivity contribution is 0.0207. The summed E-state index contributed by atoms with van der Waals surface area (Å²) < 4.78 is 29.3. The van der Waals surface area contributed by atoms with Gasteiger partial charge in [-0.15, -0.1) is 0 Å². The first-order valence-electron chi connectivity index (χ1n) is 11.4. The van der Waals surface area contributed by atoms with Crippen LogP contribution in [0, 0.1) is 0 Å². The minimum absolute atomic E-state index is 0.347. The standard InChI is InChI=1S/C29H27O6P/c1-29(2,3)32-28(30)31-26-20-12-10-18-24(26)25-19-11-13-21-27(25)35-36(33-22-14-6-4-7-15-22)34-23-16-8-5-9-17-23/h4-21H,1-3H3. The minimum Gasteiger partial charge on any atom is -0.428 e. The van der Waals surface area contributed by atoms with E-state index in [1.54, 1.807) is 32.9 Å². The number of carbonyl (C=O) groups excluding carboxylic acids is 1. The molecule has 0 fully saturated rings. The molecule has 0 unspecified atom stereocenters. The van der Waals surface area contributed by atoms with Crippen molar-refractivity contribution in [1.82, 2.24) is 0 Å². The number of hydrogen-bond acceptors (Lipinski definition) is 6. The molecule has 0 saturated heterocycles. The first-order chi connectivity index (χ1) is 17.4. The number of hydrogen-bond donors (Lipinski definition) is 0. The topological polar surface area (TPSA) is 63.2 Å². The van der Waals surface area contributed by atoms with Gasteiger partial charge in [0.1, 0.15) is 28.6 Å². The van der Waals surface area contributed by atoms with Crippen LogP contribution in [0.5, 0.6) is 23.0 Å². The van der Waals surface area contributed by atoms with Crippen LogP contribution in [0.15, 0.2) is 109 Å². The number of ether oxygens (including phenoxy) is 2. The Kier molecular flexibility index (Phi) is 8.09. The molecule has 0 atom stereocenters. The first-order valence-corrected chi connectivity index (χ1v) is 12.5. The molecule has 0 saturated carbocycles. The van der Waals surface area contributed by atoms with Crippen molar-refractivity contribution in [2.75, 3.05) is 0 Å². The second kappa shape index (κ2) is 11.6. The van der Waals surface area contributed by atoms with Crippen molar-refractivity contribution in [3.63, 3.8) is 0 Å². The van der Waals surface area contributed by atoms with E-state index in [1.165, 1.54) is 0 Å². The number of carbonyl (C=O) groups is 1. The van der Waals surface area contributed by atoms with E-state index in [9.17, 15) is 4.79 Å². The molecular formula is C29H27O6P. The molecule has 0 aliphatic carbocycles. The highest BCUT2D eigenvalue weighted by Gasteiger charge is 2.24. The van der Waals surface area contributed by atoms with Gasteiger partial charge in [-0.05, 0) is 57.2 Å². The molecule has 0 spiro atoms. The van der Waals surface area contributed by atoms with Crippen LogP contribution < -0.4 is 18.3 Å². The molecule has 0 N–H and O–H groups in total. The van der Waals surface area contributed by atoms with Crippen LogP contribution in [0.2, 0.25) is 0 Å². The predicted molar refractivity (Wildman–Crippen MR) is 140 cm³/mol. The minimum atomic E-state index is -1.87. The molecule has 4 aromatic carbocycles. The van der Waals surface area contributed by atoms with Crippen LogP contribution in [0.4, 0.5) is 4.79 Å². The van der Waals surface area contributed by atoms with Crippen LogP contribution in [0.25, 0.3) is 11.1 Å². The van der Waals surface area contributed by atoms with Crippen LogP contribution in [0.3, 0.4) is 0 Å². The van der Waals surface area contributed by atoms with E-state index >= 15 is 0 Å². The summed E-state index contributed by atoms with van der Waals surface area (Å²) >= 11 is 0. The largest absolute Gasteiger partial charge is 0.530 e. The highest BCUT2D eigenvalue weighted by Crippen LogP contribution is 2.46. The molecule has 0 radical (unpaired) electrons. The molecule has 4 rings (SSSR count). The maximum absolute atomic E-state index is 12.4. The number of rotatable bonds is 8. The smallest absolute Gasteiger partial charge is 0.428 e. The van der Waals surface area contributed by atoms with Gasteiger partial charge in [0.15, 0.2) is 0 Å². The van der Waals surface area contributed by atoms with Gasteiger partial charge in [0, 0.05) is 11.1 Å². The zero-order chi connectivity index (χ0) is 25.4. The molecule has 0 bridgehead atoms. The Bertz CT molecular complexity index is 1230. The van der Waals surface area contributed by atoms with Crippen molar-refractivity contribution in [3.8, 4) is 34.1 Å².